The summed E-state index contributed by atoms with van der Waals surface area (Å²) < 4.78 is 5.36. The lowest BCUT2D eigenvalue weighted by Crippen LogP contribution is -1.96. The first-order valence-electron chi connectivity index (χ1n) is 4.82. The molecule has 2 aromatic rings. The van der Waals surface area contributed by atoms with Crippen molar-refractivity contribution in [3.63, 3.8) is 0 Å². The van der Waals surface area contributed by atoms with Crippen molar-refractivity contribution in [1.29, 1.82) is 0 Å². The molecule has 0 saturated carbocycles. The van der Waals surface area contributed by atoms with Gasteiger partial charge < -0.3 is 10.5 Å². The van der Waals surface area contributed by atoms with E-state index >= 15 is 0 Å². The number of anilines is 1. The van der Waals surface area contributed by atoms with E-state index in [1.807, 2.05) is 31.3 Å². The molecule has 0 aliphatic carbocycles. The molecule has 1 aromatic carbocycles. The summed E-state index contributed by atoms with van der Waals surface area (Å²) >= 11 is 0. The number of nitrogens with zero attached hydrogens (tertiary/aromatic N) is 1. The summed E-state index contributed by atoms with van der Waals surface area (Å²) in [5.41, 5.74) is 8.56. The molecule has 4 heteroatoms. The van der Waals surface area contributed by atoms with Crippen LogP contribution < -0.4 is 10.5 Å². The van der Waals surface area contributed by atoms with E-state index < -0.39 is 0 Å². The normalized spacial score (nSPS) is 10.2. The minimum atomic E-state index is 0.620. The molecule has 0 aliphatic rings. The van der Waals surface area contributed by atoms with Crippen LogP contribution in [0.1, 0.15) is 6.92 Å². The summed E-state index contributed by atoms with van der Waals surface area (Å²) in [6, 6.07) is 5.73. The molecular formula is C11H13N3O. The molecule has 0 atom stereocenters. The third-order valence-electron chi connectivity index (χ3n) is 2.14. The van der Waals surface area contributed by atoms with Gasteiger partial charge in [-0.05, 0) is 24.6 Å². The molecule has 0 spiro atoms. The van der Waals surface area contributed by atoms with E-state index in [9.17, 15) is 0 Å². The lowest BCUT2D eigenvalue weighted by atomic mass is 10.1. The molecule has 0 fully saturated rings. The molecule has 15 heavy (non-hydrogen) atoms. The predicted octanol–water partition coefficient (Wildman–Crippen LogP) is 2.06. The molecule has 4 nitrogen and oxygen atoms in total. The number of ether oxygens (including phenoxy) is 1. The third kappa shape index (κ3) is 1.93. The lowest BCUT2D eigenvalue weighted by Gasteiger charge is -2.07. The Balaban J connectivity index is 2.33. The van der Waals surface area contributed by atoms with Gasteiger partial charge in [0.25, 0.3) is 0 Å². The molecule has 0 radical (unpaired) electrons. The quantitative estimate of drug-likeness (QED) is 0.750. The standard InChI is InChI=1S/C11H13N3O/c1-2-15-11-4-3-8(5-10(11)12)9-6-13-14-7-9/h3-7H,2,12H2,1H3,(H,13,14). The Hall–Kier alpha value is -1.97. The number of benzene rings is 1. The van der Waals surface area contributed by atoms with E-state index in [1.165, 1.54) is 0 Å². The largest absolute Gasteiger partial charge is 0.492 e. The summed E-state index contributed by atoms with van der Waals surface area (Å²) in [5.74, 6) is 0.727. The minimum Gasteiger partial charge on any atom is -0.492 e. The van der Waals surface area contributed by atoms with Crippen LogP contribution in [0.4, 0.5) is 5.69 Å². The molecule has 3 N–H and O–H groups in total. The number of nitrogens with one attached hydrogen (secondary N) is 1. The molecule has 1 heterocycles. The number of hydrogen-bond donors (Lipinski definition) is 2. The molecule has 0 aliphatic heterocycles. The Morgan fingerprint density at radius 2 is 2.27 bits per heavy atom. The Labute approximate surface area is 88.1 Å². The monoisotopic (exact) mass is 203 g/mol. The fourth-order valence-electron chi connectivity index (χ4n) is 1.42. The van der Waals surface area contributed by atoms with Gasteiger partial charge in [-0.15, -0.1) is 0 Å². The molecule has 0 unspecified atom stereocenters. The van der Waals surface area contributed by atoms with Gasteiger partial charge in [0.2, 0.25) is 0 Å². The van der Waals surface area contributed by atoms with Gasteiger partial charge >= 0.3 is 0 Å². The van der Waals surface area contributed by atoms with Crippen molar-refractivity contribution in [2.24, 2.45) is 0 Å². The topological polar surface area (TPSA) is 63.9 Å². The number of hydrogen-bond acceptors (Lipinski definition) is 3. The summed E-state index contributed by atoms with van der Waals surface area (Å²) in [7, 11) is 0. The molecule has 0 amide bonds. The van der Waals surface area contributed by atoms with Crippen LogP contribution in [0.15, 0.2) is 30.6 Å². The highest BCUT2D eigenvalue weighted by molar-refractivity contribution is 5.69. The maximum Gasteiger partial charge on any atom is 0.142 e. The van der Waals surface area contributed by atoms with Crippen LogP contribution in [0.2, 0.25) is 0 Å². The van der Waals surface area contributed by atoms with E-state index in [2.05, 4.69) is 10.2 Å². The van der Waals surface area contributed by atoms with Crippen molar-refractivity contribution in [1.82, 2.24) is 10.2 Å². The number of aromatic amines is 1. The van der Waals surface area contributed by atoms with Crippen LogP contribution in [0.5, 0.6) is 5.75 Å². The first kappa shape index (κ1) is 9.58. The predicted molar refractivity (Wildman–Crippen MR) is 59.6 cm³/mol. The van der Waals surface area contributed by atoms with E-state index in [0.29, 0.717) is 12.3 Å². The number of aromatic nitrogens is 2. The van der Waals surface area contributed by atoms with E-state index in [4.69, 9.17) is 10.5 Å². The second kappa shape index (κ2) is 4.04. The first-order chi connectivity index (χ1) is 7.31. The van der Waals surface area contributed by atoms with Gasteiger partial charge in [-0.25, -0.2) is 0 Å². The van der Waals surface area contributed by atoms with Crippen molar-refractivity contribution >= 4 is 5.69 Å². The van der Waals surface area contributed by atoms with Gasteiger partial charge in [0.15, 0.2) is 0 Å². The lowest BCUT2D eigenvalue weighted by molar-refractivity contribution is 0.342. The second-order valence-corrected chi connectivity index (χ2v) is 3.17. The highest BCUT2D eigenvalue weighted by atomic mass is 16.5. The Morgan fingerprint density at radius 3 is 2.87 bits per heavy atom. The molecule has 78 valence electrons. The molecule has 1 aromatic heterocycles. The smallest absolute Gasteiger partial charge is 0.142 e. The highest BCUT2D eigenvalue weighted by Crippen LogP contribution is 2.27. The summed E-state index contributed by atoms with van der Waals surface area (Å²) in [5, 5.41) is 6.66. The van der Waals surface area contributed by atoms with Crippen molar-refractivity contribution < 1.29 is 4.74 Å². The van der Waals surface area contributed by atoms with E-state index in [-0.39, 0.29) is 0 Å². The highest BCUT2D eigenvalue weighted by Gasteiger charge is 2.03. The third-order valence-corrected chi connectivity index (χ3v) is 2.14. The summed E-state index contributed by atoms with van der Waals surface area (Å²) in [6.07, 6.45) is 3.59. The fourth-order valence-corrected chi connectivity index (χ4v) is 1.42. The number of nitrogens with two attached hydrogens (primary N) is 1. The number of H-pyrrole nitrogens is 1. The SMILES string of the molecule is CCOc1ccc(-c2cn[nH]c2)cc1N. The number of nitrogen functional groups attached to an aromatic ring is 1. The Bertz CT molecular complexity index is 437. The molecule has 0 bridgehead atoms. The van der Waals surface area contributed by atoms with Gasteiger partial charge in [0.05, 0.1) is 18.5 Å². The van der Waals surface area contributed by atoms with Crippen LogP contribution in [-0.2, 0) is 0 Å². The molecular weight excluding hydrogens is 190 g/mol. The Kier molecular flexibility index (Phi) is 2.58. The maximum absolute atomic E-state index is 5.86. The van der Waals surface area contributed by atoms with Crippen molar-refractivity contribution in [2.75, 3.05) is 12.3 Å². The van der Waals surface area contributed by atoms with Crippen LogP contribution in [-0.4, -0.2) is 16.8 Å². The second-order valence-electron chi connectivity index (χ2n) is 3.17. The van der Waals surface area contributed by atoms with Gasteiger partial charge in [-0.3, -0.25) is 5.10 Å². The zero-order valence-electron chi connectivity index (χ0n) is 8.53. The van der Waals surface area contributed by atoms with Crippen LogP contribution >= 0.6 is 0 Å². The molecule has 2 rings (SSSR count). The zero-order chi connectivity index (χ0) is 10.7. The van der Waals surface area contributed by atoms with Crippen molar-refractivity contribution in [2.45, 2.75) is 6.92 Å². The fraction of sp³-hybridized carbons (Fsp3) is 0.182. The van der Waals surface area contributed by atoms with E-state index in [0.717, 1.165) is 16.9 Å². The molecule has 0 saturated heterocycles. The average Bonchev–Trinajstić information content (AvgIpc) is 2.74. The summed E-state index contributed by atoms with van der Waals surface area (Å²) in [4.78, 5) is 0. The van der Waals surface area contributed by atoms with Crippen LogP contribution in [0.3, 0.4) is 0 Å². The van der Waals surface area contributed by atoms with Crippen molar-refractivity contribution in [3.05, 3.63) is 30.6 Å². The minimum absolute atomic E-state index is 0.620. The summed E-state index contributed by atoms with van der Waals surface area (Å²) in [6.45, 7) is 2.55. The van der Waals surface area contributed by atoms with Gasteiger partial charge in [0.1, 0.15) is 5.75 Å². The Morgan fingerprint density at radius 1 is 1.40 bits per heavy atom. The van der Waals surface area contributed by atoms with Crippen molar-refractivity contribution in [3.8, 4) is 16.9 Å². The zero-order valence-corrected chi connectivity index (χ0v) is 8.53. The van der Waals surface area contributed by atoms with Gasteiger partial charge in [-0.2, -0.15) is 5.10 Å². The maximum atomic E-state index is 5.86. The van der Waals surface area contributed by atoms with Crippen LogP contribution in [0, 0.1) is 0 Å². The van der Waals surface area contributed by atoms with Crippen LogP contribution in [0.25, 0.3) is 11.1 Å². The first-order valence-corrected chi connectivity index (χ1v) is 4.82. The van der Waals surface area contributed by atoms with Gasteiger partial charge in [-0.1, -0.05) is 6.07 Å². The number of rotatable bonds is 3. The average molecular weight is 203 g/mol. The van der Waals surface area contributed by atoms with E-state index in [1.54, 1.807) is 6.20 Å². The van der Waals surface area contributed by atoms with Gasteiger partial charge in [0, 0.05) is 11.8 Å².